The van der Waals surface area contributed by atoms with Crippen LogP contribution >= 0.6 is 15.9 Å². The Morgan fingerprint density at radius 1 is 1.32 bits per heavy atom. The lowest BCUT2D eigenvalue weighted by Gasteiger charge is -2.10. The molecular weight excluding hydrogens is 311 g/mol. The molecule has 0 unspecified atom stereocenters. The Bertz CT molecular complexity index is 652. The molecule has 2 rings (SSSR count). The van der Waals surface area contributed by atoms with E-state index in [0.29, 0.717) is 17.0 Å². The number of nitrogen functional groups attached to an aromatic ring is 1. The standard InChI is InChI=1S/C14H10BrFN2O/c15-12-5-4-11(18)6-13(12)19-8-10-3-1-2-9(7-17)14(10)16/h1-6H,8,18H2. The van der Waals surface area contributed by atoms with Crippen LogP contribution in [0, 0.1) is 17.1 Å². The van der Waals surface area contributed by atoms with Gasteiger partial charge in [-0.25, -0.2) is 4.39 Å². The normalized spacial score (nSPS) is 9.95. The minimum atomic E-state index is -0.551. The van der Waals surface area contributed by atoms with Gasteiger partial charge in [0.25, 0.3) is 0 Å². The van der Waals surface area contributed by atoms with E-state index >= 15 is 0 Å². The zero-order valence-electron chi connectivity index (χ0n) is 9.86. The summed E-state index contributed by atoms with van der Waals surface area (Å²) in [7, 11) is 0. The maximum Gasteiger partial charge on any atom is 0.147 e. The van der Waals surface area contributed by atoms with Gasteiger partial charge in [0.05, 0.1) is 10.0 Å². The average molecular weight is 321 g/mol. The largest absolute Gasteiger partial charge is 0.488 e. The Kier molecular flexibility index (Phi) is 4.03. The topological polar surface area (TPSA) is 59.0 Å². The van der Waals surface area contributed by atoms with Crippen LogP contribution in [0.15, 0.2) is 40.9 Å². The molecule has 0 saturated carbocycles. The molecule has 0 spiro atoms. The van der Waals surface area contributed by atoms with E-state index in [1.54, 1.807) is 36.4 Å². The fraction of sp³-hybridized carbons (Fsp3) is 0.0714. The predicted octanol–water partition coefficient (Wildman–Crippen LogP) is 3.62. The molecule has 2 N–H and O–H groups in total. The summed E-state index contributed by atoms with van der Waals surface area (Å²) in [6.45, 7) is 0.0312. The van der Waals surface area contributed by atoms with Crippen molar-refractivity contribution in [1.29, 1.82) is 5.26 Å². The molecule has 0 aromatic heterocycles. The summed E-state index contributed by atoms with van der Waals surface area (Å²) in [6.07, 6.45) is 0. The van der Waals surface area contributed by atoms with E-state index in [1.165, 1.54) is 6.07 Å². The van der Waals surface area contributed by atoms with Crippen molar-refractivity contribution in [2.45, 2.75) is 6.61 Å². The first-order valence-electron chi connectivity index (χ1n) is 5.47. The predicted molar refractivity (Wildman–Crippen MR) is 74.0 cm³/mol. The third-order valence-electron chi connectivity index (χ3n) is 2.54. The van der Waals surface area contributed by atoms with Gasteiger partial charge in [-0.2, -0.15) is 5.26 Å². The van der Waals surface area contributed by atoms with Gasteiger partial charge < -0.3 is 10.5 Å². The summed E-state index contributed by atoms with van der Waals surface area (Å²) < 4.78 is 20.1. The Morgan fingerprint density at radius 2 is 2.11 bits per heavy atom. The van der Waals surface area contributed by atoms with Crippen LogP contribution in [0.4, 0.5) is 10.1 Å². The highest BCUT2D eigenvalue weighted by Gasteiger charge is 2.09. The van der Waals surface area contributed by atoms with Crippen molar-refractivity contribution in [1.82, 2.24) is 0 Å². The Balaban J connectivity index is 2.20. The van der Waals surface area contributed by atoms with Crippen LogP contribution in [0.2, 0.25) is 0 Å². The molecular formula is C14H10BrFN2O. The van der Waals surface area contributed by atoms with Gasteiger partial charge in [0.1, 0.15) is 24.2 Å². The number of ether oxygens (including phenoxy) is 1. The molecule has 0 fully saturated rings. The molecule has 2 aromatic rings. The Hall–Kier alpha value is -2.06. The van der Waals surface area contributed by atoms with Crippen LogP contribution in [0.1, 0.15) is 11.1 Å². The number of anilines is 1. The maximum atomic E-state index is 13.8. The minimum absolute atomic E-state index is 0.00717. The summed E-state index contributed by atoms with van der Waals surface area (Å²) >= 11 is 3.32. The molecule has 0 heterocycles. The highest BCUT2D eigenvalue weighted by Crippen LogP contribution is 2.28. The molecule has 0 bridgehead atoms. The number of halogens is 2. The summed E-state index contributed by atoms with van der Waals surface area (Å²) in [5, 5.41) is 8.75. The van der Waals surface area contributed by atoms with Crippen molar-refractivity contribution in [2.24, 2.45) is 0 Å². The maximum absolute atomic E-state index is 13.8. The van der Waals surface area contributed by atoms with Crippen LogP contribution in [-0.4, -0.2) is 0 Å². The molecule has 19 heavy (non-hydrogen) atoms. The molecule has 0 aliphatic heterocycles. The lowest BCUT2D eigenvalue weighted by molar-refractivity contribution is 0.298. The fourth-order valence-electron chi connectivity index (χ4n) is 1.56. The molecule has 0 amide bonds. The third kappa shape index (κ3) is 3.04. The van der Waals surface area contributed by atoms with Gasteiger partial charge in [0.15, 0.2) is 0 Å². The Morgan fingerprint density at radius 3 is 2.84 bits per heavy atom. The van der Waals surface area contributed by atoms with E-state index in [2.05, 4.69) is 15.9 Å². The number of nitrogens with zero attached hydrogens (tertiary/aromatic N) is 1. The lowest BCUT2D eigenvalue weighted by atomic mass is 10.1. The van der Waals surface area contributed by atoms with Crippen LogP contribution in [0.25, 0.3) is 0 Å². The van der Waals surface area contributed by atoms with Gasteiger partial charge >= 0.3 is 0 Å². The van der Waals surface area contributed by atoms with E-state index in [1.807, 2.05) is 0 Å². The van der Waals surface area contributed by atoms with Gasteiger partial charge in [0, 0.05) is 17.3 Å². The quantitative estimate of drug-likeness (QED) is 0.879. The van der Waals surface area contributed by atoms with Gasteiger partial charge in [-0.1, -0.05) is 12.1 Å². The summed E-state index contributed by atoms with van der Waals surface area (Å²) in [6, 6.07) is 11.6. The number of benzene rings is 2. The second-order valence-corrected chi connectivity index (χ2v) is 4.72. The average Bonchev–Trinajstić information content (AvgIpc) is 2.41. The Labute approximate surface area is 118 Å². The van der Waals surface area contributed by atoms with Gasteiger partial charge in [-0.15, -0.1) is 0 Å². The second-order valence-electron chi connectivity index (χ2n) is 3.87. The minimum Gasteiger partial charge on any atom is -0.488 e. The zero-order valence-corrected chi connectivity index (χ0v) is 11.4. The number of nitrogens with two attached hydrogens (primary N) is 1. The smallest absolute Gasteiger partial charge is 0.147 e. The van der Waals surface area contributed by atoms with Crippen LogP contribution in [0.5, 0.6) is 5.75 Å². The SMILES string of the molecule is N#Cc1cccc(COc2cc(N)ccc2Br)c1F. The van der Waals surface area contributed by atoms with Crippen molar-refractivity contribution in [3.8, 4) is 11.8 Å². The first kappa shape index (κ1) is 13.4. The van der Waals surface area contributed by atoms with E-state index < -0.39 is 5.82 Å². The van der Waals surface area contributed by atoms with E-state index in [-0.39, 0.29) is 12.2 Å². The molecule has 96 valence electrons. The molecule has 2 aromatic carbocycles. The molecule has 0 aliphatic carbocycles. The third-order valence-corrected chi connectivity index (χ3v) is 3.19. The van der Waals surface area contributed by atoms with Crippen molar-refractivity contribution < 1.29 is 9.13 Å². The van der Waals surface area contributed by atoms with Crippen LogP contribution in [-0.2, 0) is 6.61 Å². The van der Waals surface area contributed by atoms with Crippen molar-refractivity contribution in [3.63, 3.8) is 0 Å². The second kappa shape index (κ2) is 5.72. The van der Waals surface area contributed by atoms with E-state index in [9.17, 15) is 4.39 Å². The molecule has 5 heteroatoms. The molecule has 0 atom stereocenters. The fourth-order valence-corrected chi connectivity index (χ4v) is 1.92. The van der Waals surface area contributed by atoms with Gasteiger partial charge in [-0.05, 0) is 34.1 Å². The van der Waals surface area contributed by atoms with Crippen molar-refractivity contribution >= 4 is 21.6 Å². The number of hydrogen-bond donors (Lipinski definition) is 1. The molecule has 3 nitrogen and oxygen atoms in total. The highest BCUT2D eigenvalue weighted by atomic mass is 79.9. The lowest BCUT2D eigenvalue weighted by Crippen LogP contribution is -2.01. The van der Waals surface area contributed by atoms with Crippen LogP contribution < -0.4 is 10.5 Å². The van der Waals surface area contributed by atoms with Crippen LogP contribution in [0.3, 0.4) is 0 Å². The monoisotopic (exact) mass is 320 g/mol. The number of hydrogen-bond acceptors (Lipinski definition) is 3. The molecule has 0 aliphatic rings. The zero-order chi connectivity index (χ0) is 13.8. The summed E-state index contributed by atoms with van der Waals surface area (Å²) in [5.74, 6) is -0.0215. The number of nitriles is 1. The summed E-state index contributed by atoms with van der Waals surface area (Å²) in [4.78, 5) is 0. The first-order valence-corrected chi connectivity index (χ1v) is 6.26. The van der Waals surface area contributed by atoms with Crippen molar-refractivity contribution in [2.75, 3.05) is 5.73 Å². The molecule has 0 radical (unpaired) electrons. The van der Waals surface area contributed by atoms with Crippen molar-refractivity contribution in [3.05, 3.63) is 57.8 Å². The first-order chi connectivity index (χ1) is 9.11. The highest BCUT2D eigenvalue weighted by molar-refractivity contribution is 9.10. The number of rotatable bonds is 3. The van der Waals surface area contributed by atoms with E-state index in [0.717, 1.165) is 4.47 Å². The van der Waals surface area contributed by atoms with E-state index in [4.69, 9.17) is 15.7 Å². The molecule has 0 saturated heterocycles. The summed E-state index contributed by atoms with van der Waals surface area (Å²) in [5.41, 5.74) is 6.55. The van der Waals surface area contributed by atoms with Gasteiger partial charge in [0.2, 0.25) is 0 Å². The van der Waals surface area contributed by atoms with Gasteiger partial charge in [-0.3, -0.25) is 0 Å².